The van der Waals surface area contributed by atoms with Crippen molar-refractivity contribution in [3.63, 3.8) is 0 Å². The molecule has 68 valence electrons. The molecule has 0 aliphatic heterocycles. The first-order valence-corrected chi connectivity index (χ1v) is 5.31. The molecule has 0 aromatic heterocycles. The Labute approximate surface area is 79.2 Å². The van der Waals surface area contributed by atoms with Crippen molar-refractivity contribution in [3.8, 4) is 0 Å². The Morgan fingerprint density at radius 1 is 1.15 bits per heavy atom. The molecule has 0 amide bonds. The zero-order valence-corrected chi connectivity index (χ0v) is 7.84. The van der Waals surface area contributed by atoms with Gasteiger partial charge in [-0.15, -0.1) is 0 Å². The maximum atomic E-state index is 3.62. The fraction of sp³-hybridized carbons (Fsp3) is 0.500. The highest BCUT2D eigenvalue weighted by Gasteiger charge is 2.23. The molecule has 13 heavy (non-hydrogen) atoms. The normalized spacial score (nSPS) is 20.0. The van der Waals surface area contributed by atoms with Gasteiger partial charge in [-0.25, -0.2) is 0 Å². The van der Waals surface area contributed by atoms with Crippen molar-refractivity contribution in [3.05, 3.63) is 29.3 Å². The Hall–Kier alpha value is -0.980. The van der Waals surface area contributed by atoms with Crippen molar-refractivity contribution < 1.29 is 0 Å². The number of fused-ring (bicyclic) bond motifs is 1. The van der Waals surface area contributed by atoms with Crippen molar-refractivity contribution >= 4 is 5.69 Å². The summed E-state index contributed by atoms with van der Waals surface area (Å²) in [5, 5.41) is 3.62. The van der Waals surface area contributed by atoms with E-state index in [1.807, 2.05) is 0 Å². The molecule has 2 aliphatic rings. The van der Waals surface area contributed by atoms with Crippen LogP contribution in [0.1, 0.15) is 30.4 Å². The smallest absolute Gasteiger partial charge is 0.0377 e. The number of anilines is 1. The van der Waals surface area contributed by atoms with Crippen LogP contribution in [0.4, 0.5) is 5.69 Å². The molecule has 0 spiro atoms. The van der Waals surface area contributed by atoms with Gasteiger partial charge in [0.15, 0.2) is 0 Å². The lowest BCUT2D eigenvalue weighted by atomic mass is 10.1. The summed E-state index contributed by atoms with van der Waals surface area (Å²) in [5.74, 6) is 0. The Morgan fingerprint density at radius 2 is 2.08 bits per heavy atom. The third-order valence-electron chi connectivity index (χ3n) is 3.08. The number of hydrogen-bond acceptors (Lipinski definition) is 1. The molecule has 0 bridgehead atoms. The number of aryl methyl sites for hydroxylation is 1. The highest BCUT2D eigenvalue weighted by Crippen LogP contribution is 2.32. The number of nitrogens with one attached hydrogen (secondary N) is 1. The van der Waals surface area contributed by atoms with Gasteiger partial charge in [0.25, 0.3) is 0 Å². The van der Waals surface area contributed by atoms with Crippen molar-refractivity contribution in [1.29, 1.82) is 0 Å². The van der Waals surface area contributed by atoms with Crippen LogP contribution in [0.15, 0.2) is 18.2 Å². The first-order chi connectivity index (χ1) is 6.43. The fourth-order valence-electron chi connectivity index (χ4n) is 2.20. The molecule has 0 saturated heterocycles. The van der Waals surface area contributed by atoms with E-state index in [2.05, 4.69) is 23.5 Å². The minimum absolute atomic E-state index is 0.784. The molecule has 3 rings (SSSR count). The number of rotatable bonds is 2. The van der Waals surface area contributed by atoms with Gasteiger partial charge in [0.2, 0.25) is 0 Å². The lowest BCUT2D eigenvalue weighted by Crippen LogP contribution is -2.03. The molecule has 1 heteroatoms. The molecule has 1 N–H and O–H groups in total. The monoisotopic (exact) mass is 173 g/mol. The average molecular weight is 173 g/mol. The Morgan fingerprint density at radius 3 is 2.92 bits per heavy atom. The minimum atomic E-state index is 0.784. The van der Waals surface area contributed by atoms with E-state index in [1.165, 1.54) is 37.8 Å². The Kier molecular flexibility index (Phi) is 1.58. The molecule has 1 nitrogen and oxygen atoms in total. The van der Waals surface area contributed by atoms with Gasteiger partial charge < -0.3 is 5.32 Å². The molecule has 0 heterocycles. The van der Waals surface area contributed by atoms with E-state index in [-0.39, 0.29) is 0 Å². The van der Waals surface area contributed by atoms with Crippen LogP contribution in [-0.4, -0.2) is 6.04 Å². The molecule has 1 aromatic rings. The van der Waals surface area contributed by atoms with Gasteiger partial charge in [-0.3, -0.25) is 0 Å². The molecule has 0 unspecified atom stereocenters. The van der Waals surface area contributed by atoms with Crippen molar-refractivity contribution in [2.45, 2.75) is 38.1 Å². The van der Waals surface area contributed by atoms with Crippen LogP contribution >= 0.6 is 0 Å². The maximum Gasteiger partial charge on any atom is 0.0377 e. The van der Waals surface area contributed by atoms with E-state index in [4.69, 9.17) is 0 Å². The SMILES string of the molecule is c1cc2c(c(NC3CC3)c1)CCC2. The van der Waals surface area contributed by atoms with Gasteiger partial charge in [0, 0.05) is 11.7 Å². The minimum Gasteiger partial charge on any atom is -0.382 e. The first-order valence-electron chi connectivity index (χ1n) is 5.31. The highest BCUT2D eigenvalue weighted by atomic mass is 15.0. The number of hydrogen-bond donors (Lipinski definition) is 1. The van der Waals surface area contributed by atoms with Crippen molar-refractivity contribution in [2.24, 2.45) is 0 Å². The molecule has 1 fully saturated rings. The quantitative estimate of drug-likeness (QED) is 0.725. The van der Waals surface area contributed by atoms with E-state index in [0.29, 0.717) is 0 Å². The maximum absolute atomic E-state index is 3.62. The van der Waals surface area contributed by atoms with Crippen LogP contribution in [-0.2, 0) is 12.8 Å². The summed E-state index contributed by atoms with van der Waals surface area (Å²) in [6.07, 6.45) is 6.65. The average Bonchev–Trinajstić information content (AvgIpc) is 2.83. The zero-order valence-electron chi connectivity index (χ0n) is 7.84. The van der Waals surface area contributed by atoms with E-state index in [1.54, 1.807) is 11.1 Å². The van der Waals surface area contributed by atoms with Crippen LogP contribution < -0.4 is 5.32 Å². The predicted octanol–water partition coefficient (Wildman–Crippen LogP) is 2.75. The lowest BCUT2D eigenvalue weighted by Gasteiger charge is -2.09. The van der Waals surface area contributed by atoms with Crippen LogP contribution in [0.5, 0.6) is 0 Å². The van der Waals surface area contributed by atoms with Gasteiger partial charge in [-0.05, 0) is 49.3 Å². The molecule has 2 aliphatic carbocycles. The third kappa shape index (κ3) is 1.32. The van der Waals surface area contributed by atoms with Crippen molar-refractivity contribution in [1.82, 2.24) is 0 Å². The van der Waals surface area contributed by atoms with Crippen LogP contribution in [0, 0.1) is 0 Å². The van der Waals surface area contributed by atoms with E-state index >= 15 is 0 Å². The largest absolute Gasteiger partial charge is 0.382 e. The summed E-state index contributed by atoms with van der Waals surface area (Å²) in [4.78, 5) is 0. The van der Waals surface area contributed by atoms with E-state index in [9.17, 15) is 0 Å². The molecular formula is C12H15N. The van der Waals surface area contributed by atoms with Gasteiger partial charge in [-0.2, -0.15) is 0 Å². The van der Waals surface area contributed by atoms with Gasteiger partial charge in [0.05, 0.1) is 0 Å². The third-order valence-corrected chi connectivity index (χ3v) is 3.08. The summed E-state index contributed by atoms with van der Waals surface area (Å²) < 4.78 is 0. The zero-order chi connectivity index (χ0) is 8.67. The van der Waals surface area contributed by atoms with Gasteiger partial charge in [-0.1, -0.05) is 12.1 Å². The summed E-state index contributed by atoms with van der Waals surface area (Å²) in [5.41, 5.74) is 4.58. The second kappa shape index (κ2) is 2.76. The van der Waals surface area contributed by atoms with Crippen LogP contribution in [0.3, 0.4) is 0 Å². The van der Waals surface area contributed by atoms with E-state index < -0.39 is 0 Å². The van der Waals surface area contributed by atoms with E-state index in [0.717, 1.165) is 6.04 Å². The molecule has 1 saturated carbocycles. The second-order valence-corrected chi connectivity index (χ2v) is 4.22. The molecule has 0 radical (unpaired) electrons. The predicted molar refractivity (Wildman–Crippen MR) is 55.1 cm³/mol. The lowest BCUT2D eigenvalue weighted by molar-refractivity contribution is 0.911. The van der Waals surface area contributed by atoms with Gasteiger partial charge >= 0.3 is 0 Å². The van der Waals surface area contributed by atoms with Crippen molar-refractivity contribution in [2.75, 3.05) is 5.32 Å². The highest BCUT2D eigenvalue weighted by molar-refractivity contribution is 5.57. The van der Waals surface area contributed by atoms with Gasteiger partial charge in [0.1, 0.15) is 0 Å². The number of benzene rings is 1. The first kappa shape index (κ1) is 7.43. The summed E-state index contributed by atoms with van der Waals surface area (Å²) >= 11 is 0. The summed E-state index contributed by atoms with van der Waals surface area (Å²) in [6.45, 7) is 0. The Bertz CT molecular complexity index is 326. The standard InChI is InChI=1S/C12H15N/c1-3-9-4-2-6-12(11(9)5-1)13-10-7-8-10/h2,4,6,10,13H,1,3,5,7-8H2. The molecule has 1 aromatic carbocycles. The second-order valence-electron chi connectivity index (χ2n) is 4.22. The topological polar surface area (TPSA) is 12.0 Å². The van der Waals surface area contributed by atoms with Crippen LogP contribution in [0.2, 0.25) is 0 Å². The molecule has 0 atom stereocenters. The Balaban J connectivity index is 1.94. The van der Waals surface area contributed by atoms with Crippen LogP contribution in [0.25, 0.3) is 0 Å². The fourth-order valence-corrected chi connectivity index (χ4v) is 2.20. The summed E-state index contributed by atoms with van der Waals surface area (Å²) in [7, 11) is 0. The molecular weight excluding hydrogens is 158 g/mol. The summed E-state index contributed by atoms with van der Waals surface area (Å²) in [6, 6.07) is 7.49.